The maximum Gasteiger partial charge on any atom is 0.120 e. The second-order valence-corrected chi connectivity index (χ2v) is 2.84. The predicted octanol–water partition coefficient (Wildman–Crippen LogP) is 2.80. The van der Waals surface area contributed by atoms with Gasteiger partial charge in [-0.15, -0.1) is 0 Å². The van der Waals surface area contributed by atoms with Gasteiger partial charge in [0.15, 0.2) is 0 Å². The number of benzene rings is 1. The Labute approximate surface area is 75.1 Å². The van der Waals surface area contributed by atoms with Crippen molar-refractivity contribution in [1.29, 1.82) is 4.61 Å². The molecule has 0 bridgehead atoms. The Morgan fingerprint density at radius 2 is 2.08 bits per heavy atom. The number of hydrogen-bond donors (Lipinski definition) is 1. The first-order valence-electron chi connectivity index (χ1n) is 3.55. The van der Waals surface area contributed by atoms with Gasteiger partial charge in [-0.1, -0.05) is 30.3 Å². The molecule has 0 atom stereocenters. The van der Waals surface area contributed by atoms with Crippen LogP contribution in [-0.4, -0.2) is 10.9 Å². The summed E-state index contributed by atoms with van der Waals surface area (Å²) < 4.78 is 8.42. The molecule has 62 valence electrons. The lowest BCUT2D eigenvalue weighted by molar-refractivity contribution is 0.511. The van der Waals surface area contributed by atoms with Crippen LogP contribution < -0.4 is 0 Å². The lowest BCUT2D eigenvalue weighted by Gasteiger charge is -1.96. The quantitative estimate of drug-likeness (QED) is 0.709. The summed E-state index contributed by atoms with van der Waals surface area (Å²) in [6.45, 7) is 0. The fraction of sp³-hybridized carbons (Fsp3) is 0.111. The third kappa shape index (κ3) is 2.38. The first-order valence-corrected chi connectivity index (χ1v) is 4.49. The van der Waals surface area contributed by atoms with Gasteiger partial charge in [-0.05, 0) is 6.08 Å². The third-order valence-electron chi connectivity index (χ3n) is 1.42. The van der Waals surface area contributed by atoms with Crippen molar-refractivity contribution in [3.63, 3.8) is 0 Å². The van der Waals surface area contributed by atoms with Crippen LogP contribution in [0, 0.1) is 4.61 Å². The van der Waals surface area contributed by atoms with Gasteiger partial charge in [-0.2, -0.15) is 4.61 Å². The minimum absolute atomic E-state index is 0.206. The molecule has 0 spiro atoms. The monoisotopic (exact) mass is 179 g/mol. The topological polar surface area (TPSA) is 44.0 Å². The maximum absolute atomic E-state index is 9.39. The molecule has 12 heavy (non-hydrogen) atoms. The summed E-state index contributed by atoms with van der Waals surface area (Å²) in [7, 11) is 0. The Hall–Kier alpha value is -1.31. The van der Waals surface area contributed by atoms with Crippen molar-refractivity contribution >= 4 is 17.2 Å². The molecule has 0 amide bonds. The zero-order chi connectivity index (χ0) is 8.81. The van der Waals surface area contributed by atoms with Crippen LogP contribution in [0.4, 0.5) is 0 Å². The standard InChI is InChI=1S/C9H9NOS/c10-12-7-6-9(11)8-4-2-1-3-5-8/h1-6,11H,7H2/b9-6-. The molecule has 1 aromatic rings. The zero-order valence-electron chi connectivity index (χ0n) is 6.47. The Kier molecular flexibility index (Phi) is 3.33. The summed E-state index contributed by atoms with van der Waals surface area (Å²) >= 11 is 0.688. The van der Waals surface area contributed by atoms with Crippen molar-refractivity contribution in [3.05, 3.63) is 42.0 Å². The van der Waals surface area contributed by atoms with E-state index in [1.54, 1.807) is 6.08 Å². The highest BCUT2D eigenvalue weighted by Crippen LogP contribution is 2.09. The van der Waals surface area contributed by atoms with E-state index in [0.717, 1.165) is 5.56 Å². The van der Waals surface area contributed by atoms with Crippen molar-refractivity contribution in [2.45, 2.75) is 0 Å². The molecule has 1 N–H and O–H groups in total. The van der Waals surface area contributed by atoms with Crippen LogP contribution in [0.1, 0.15) is 5.56 Å². The van der Waals surface area contributed by atoms with Gasteiger partial charge in [-0.25, -0.2) is 0 Å². The summed E-state index contributed by atoms with van der Waals surface area (Å²) in [6.07, 6.45) is 1.57. The molecule has 2 nitrogen and oxygen atoms in total. The van der Waals surface area contributed by atoms with Gasteiger partial charge in [-0.3, -0.25) is 0 Å². The first kappa shape index (κ1) is 8.78. The van der Waals surface area contributed by atoms with Gasteiger partial charge in [0.1, 0.15) is 5.76 Å². The number of nitrogens with zero attached hydrogens (tertiary/aromatic N) is 1. The third-order valence-corrected chi connectivity index (χ3v) is 1.74. The molecule has 0 fully saturated rings. The fourth-order valence-corrected chi connectivity index (χ4v) is 1.08. The average Bonchev–Trinajstić information content (AvgIpc) is 2.15. The van der Waals surface area contributed by atoms with Gasteiger partial charge in [0, 0.05) is 17.0 Å². The van der Waals surface area contributed by atoms with Gasteiger partial charge in [0.05, 0.1) is 5.75 Å². The molecule has 0 aromatic heterocycles. The highest BCUT2D eigenvalue weighted by atomic mass is 32.1. The number of aliphatic hydroxyl groups is 1. The number of rotatable bonds is 2. The van der Waals surface area contributed by atoms with E-state index in [4.69, 9.17) is 4.61 Å². The second kappa shape index (κ2) is 4.54. The second-order valence-electron chi connectivity index (χ2n) is 2.25. The van der Waals surface area contributed by atoms with Gasteiger partial charge in [0.2, 0.25) is 0 Å². The summed E-state index contributed by atoms with van der Waals surface area (Å²) in [6, 6.07) is 9.22. The molecule has 0 aliphatic rings. The Morgan fingerprint density at radius 3 is 2.67 bits per heavy atom. The average molecular weight is 179 g/mol. The lowest BCUT2D eigenvalue weighted by Crippen LogP contribution is -1.81. The van der Waals surface area contributed by atoms with Crippen LogP contribution in [0.5, 0.6) is 0 Å². The summed E-state index contributed by atoms with van der Waals surface area (Å²) in [5, 5.41) is 9.39. The zero-order valence-corrected chi connectivity index (χ0v) is 7.29. The van der Waals surface area contributed by atoms with Crippen molar-refractivity contribution in [2.75, 3.05) is 5.75 Å². The van der Waals surface area contributed by atoms with Crippen LogP contribution in [0.2, 0.25) is 0 Å². The van der Waals surface area contributed by atoms with Crippen LogP contribution in [-0.2, 0) is 0 Å². The Balaban J connectivity index is 2.79. The largest absolute Gasteiger partial charge is 0.508 e. The Bertz CT molecular complexity index is 313. The smallest absolute Gasteiger partial charge is 0.120 e. The molecule has 0 heterocycles. The summed E-state index contributed by atoms with van der Waals surface area (Å²) in [5.74, 6) is 0.609. The normalized spacial score (nSPS) is 11.1. The molecule has 0 aliphatic carbocycles. The van der Waals surface area contributed by atoms with Crippen LogP contribution in [0.3, 0.4) is 0 Å². The van der Waals surface area contributed by atoms with Gasteiger partial charge < -0.3 is 5.11 Å². The minimum Gasteiger partial charge on any atom is -0.508 e. The van der Waals surface area contributed by atoms with E-state index in [1.807, 2.05) is 30.3 Å². The Morgan fingerprint density at radius 1 is 1.42 bits per heavy atom. The van der Waals surface area contributed by atoms with E-state index in [9.17, 15) is 5.11 Å². The summed E-state index contributed by atoms with van der Waals surface area (Å²) in [4.78, 5) is 0. The molecule has 0 saturated carbocycles. The van der Waals surface area contributed by atoms with E-state index in [2.05, 4.69) is 0 Å². The van der Waals surface area contributed by atoms with Gasteiger partial charge in [0.25, 0.3) is 0 Å². The van der Waals surface area contributed by atoms with Crippen LogP contribution >= 0.6 is 11.4 Å². The highest BCUT2D eigenvalue weighted by Gasteiger charge is 1.94. The molecule has 1 rings (SSSR count). The lowest BCUT2D eigenvalue weighted by atomic mass is 10.2. The molecule has 1 aromatic carbocycles. The SMILES string of the molecule is N#SC/C=C(\O)c1ccccc1. The molecule has 0 aliphatic heterocycles. The molecule has 0 unspecified atom stereocenters. The van der Waals surface area contributed by atoms with Crippen molar-refractivity contribution < 1.29 is 5.11 Å². The van der Waals surface area contributed by atoms with Crippen molar-refractivity contribution in [1.82, 2.24) is 0 Å². The first-order chi connectivity index (χ1) is 5.84. The summed E-state index contributed by atoms with van der Waals surface area (Å²) in [5.41, 5.74) is 0.770. The number of hydrogen-bond acceptors (Lipinski definition) is 2. The van der Waals surface area contributed by atoms with Crippen molar-refractivity contribution in [2.24, 2.45) is 0 Å². The highest BCUT2D eigenvalue weighted by molar-refractivity contribution is 7.85. The molecule has 0 saturated heterocycles. The molecular formula is C9H9NOS. The number of aliphatic hydroxyl groups excluding tert-OH is 1. The molecule has 0 radical (unpaired) electrons. The minimum atomic E-state index is 0.206. The van der Waals surface area contributed by atoms with Crippen LogP contribution in [0.15, 0.2) is 36.4 Å². The molecular weight excluding hydrogens is 170 g/mol. The predicted molar refractivity (Wildman–Crippen MR) is 51.2 cm³/mol. The van der Waals surface area contributed by atoms with Gasteiger partial charge >= 0.3 is 0 Å². The van der Waals surface area contributed by atoms with E-state index in [1.165, 1.54) is 0 Å². The maximum atomic E-state index is 9.39. The molecule has 3 heteroatoms. The van der Waals surface area contributed by atoms with E-state index in [0.29, 0.717) is 17.1 Å². The van der Waals surface area contributed by atoms with E-state index >= 15 is 0 Å². The van der Waals surface area contributed by atoms with E-state index in [-0.39, 0.29) is 5.76 Å². The van der Waals surface area contributed by atoms with Crippen molar-refractivity contribution in [3.8, 4) is 0 Å². The fourth-order valence-electron chi connectivity index (χ4n) is 0.843. The van der Waals surface area contributed by atoms with E-state index < -0.39 is 0 Å². The van der Waals surface area contributed by atoms with Crippen LogP contribution in [0.25, 0.3) is 5.76 Å².